The molecule has 35 heavy (non-hydrogen) atoms. The first kappa shape index (κ1) is 24.7. The summed E-state index contributed by atoms with van der Waals surface area (Å²) >= 11 is 1.58. The van der Waals surface area contributed by atoms with Crippen molar-refractivity contribution in [3.05, 3.63) is 70.9 Å². The van der Waals surface area contributed by atoms with Gasteiger partial charge < -0.3 is 19.5 Å². The van der Waals surface area contributed by atoms with Crippen molar-refractivity contribution < 1.29 is 19.0 Å². The van der Waals surface area contributed by atoms with Crippen molar-refractivity contribution in [1.29, 1.82) is 0 Å². The maximum atomic E-state index is 12.8. The van der Waals surface area contributed by atoms with Gasteiger partial charge in [0.1, 0.15) is 12.6 Å². The normalized spacial score (nSPS) is 14.8. The van der Waals surface area contributed by atoms with Gasteiger partial charge in [0.2, 0.25) is 11.1 Å². The van der Waals surface area contributed by atoms with Crippen LogP contribution in [0.5, 0.6) is 11.5 Å². The molecule has 1 aliphatic rings. The fourth-order valence-electron chi connectivity index (χ4n) is 3.89. The van der Waals surface area contributed by atoms with Crippen molar-refractivity contribution in [2.24, 2.45) is 0 Å². The molecule has 1 aromatic heterocycles. The highest BCUT2D eigenvalue weighted by molar-refractivity contribution is 7.99. The highest BCUT2D eigenvalue weighted by Gasteiger charge is 2.35. The van der Waals surface area contributed by atoms with E-state index in [0.29, 0.717) is 47.1 Å². The van der Waals surface area contributed by atoms with Crippen LogP contribution in [0, 0.1) is 0 Å². The minimum Gasteiger partial charge on any atom is -0.490 e. The molecule has 8 nitrogen and oxygen atoms in total. The van der Waals surface area contributed by atoms with Gasteiger partial charge in [-0.1, -0.05) is 55.1 Å². The Hall–Kier alpha value is -3.46. The SMILES string of the molecule is CCCSc1nc2n(n1)C(c1ccc(OCc3ccccc3)c(OCC)c1)C(C(=O)OC)=C(C)N2. The number of rotatable bonds is 10. The number of allylic oxidation sites excluding steroid dienone is 1. The predicted molar refractivity (Wildman–Crippen MR) is 136 cm³/mol. The number of nitrogens with zero attached hydrogens (tertiary/aromatic N) is 3. The average Bonchev–Trinajstić information content (AvgIpc) is 3.28. The fourth-order valence-corrected chi connectivity index (χ4v) is 4.57. The summed E-state index contributed by atoms with van der Waals surface area (Å²) in [6.45, 7) is 6.78. The van der Waals surface area contributed by atoms with Gasteiger partial charge in [-0.2, -0.15) is 4.98 Å². The first-order valence-electron chi connectivity index (χ1n) is 11.6. The van der Waals surface area contributed by atoms with Crippen molar-refractivity contribution >= 4 is 23.7 Å². The fraction of sp³-hybridized carbons (Fsp3) is 0.346. The molecular formula is C26H30N4O4S. The molecule has 0 spiro atoms. The third-order valence-corrected chi connectivity index (χ3v) is 6.54. The first-order valence-corrected chi connectivity index (χ1v) is 12.6. The summed E-state index contributed by atoms with van der Waals surface area (Å²) in [7, 11) is 1.38. The smallest absolute Gasteiger partial charge is 0.338 e. The number of thioether (sulfide) groups is 1. The molecule has 184 valence electrons. The summed E-state index contributed by atoms with van der Waals surface area (Å²) in [6.07, 6.45) is 1.01. The molecule has 0 bridgehead atoms. The van der Waals surface area contributed by atoms with Crippen LogP contribution in [0.2, 0.25) is 0 Å². The standard InChI is InChI=1S/C26H30N4O4S/c1-5-14-35-26-28-25-27-17(3)22(24(31)32-4)23(30(25)29-26)19-12-13-20(21(15-19)33-6-2)34-16-18-10-8-7-9-11-18/h7-13,15,23H,5-6,14,16H2,1-4H3,(H,27,28,29). The van der Waals surface area contributed by atoms with E-state index in [1.54, 1.807) is 16.4 Å². The second-order valence-corrected chi connectivity index (χ2v) is 9.04. The number of hydrogen-bond acceptors (Lipinski definition) is 8. The van der Waals surface area contributed by atoms with E-state index in [-0.39, 0.29) is 0 Å². The number of nitrogens with one attached hydrogen (secondary N) is 1. The van der Waals surface area contributed by atoms with Gasteiger partial charge in [0.25, 0.3) is 0 Å². The van der Waals surface area contributed by atoms with Gasteiger partial charge in [0, 0.05) is 11.4 Å². The molecule has 0 saturated carbocycles. The molecule has 0 saturated heterocycles. The van der Waals surface area contributed by atoms with Crippen LogP contribution in [0.25, 0.3) is 0 Å². The predicted octanol–water partition coefficient (Wildman–Crippen LogP) is 5.22. The number of aromatic nitrogens is 3. The third-order valence-electron chi connectivity index (χ3n) is 5.49. The lowest BCUT2D eigenvalue weighted by molar-refractivity contribution is -0.136. The second-order valence-electron chi connectivity index (χ2n) is 7.98. The number of ether oxygens (including phenoxy) is 3. The Labute approximate surface area is 209 Å². The van der Waals surface area contributed by atoms with Gasteiger partial charge in [-0.3, -0.25) is 0 Å². The summed E-state index contributed by atoms with van der Waals surface area (Å²) in [5.41, 5.74) is 3.03. The van der Waals surface area contributed by atoms with Crippen LogP contribution >= 0.6 is 11.8 Å². The Balaban J connectivity index is 1.73. The second kappa shape index (κ2) is 11.3. The van der Waals surface area contributed by atoms with E-state index in [1.165, 1.54) is 7.11 Å². The highest BCUT2D eigenvalue weighted by atomic mass is 32.2. The molecular weight excluding hydrogens is 464 g/mol. The summed E-state index contributed by atoms with van der Waals surface area (Å²) in [5, 5.41) is 8.58. The quantitative estimate of drug-likeness (QED) is 0.303. The van der Waals surface area contributed by atoms with Crippen LogP contribution in [0.15, 0.2) is 65.0 Å². The van der Waals surface area contributed by atoms with Gasteiger partial charge >= 0.3 is 5.97 Å². The zero-order chi connectivity index (χ0) is 24.8. The number of fused-ring (bicyclic) bond motifs is 1. The van der Waals surface area contributed by atoms with E-state index in [4.69, 9.17) is 19.3 Å². The number of benzene rings is 2. The molecule has 0 aliphatic carbocycles. The first-order chi connectivity index (χ1) is 17.0. The topological polar surface area (TPSA) is 87.5 Å². The minimum absolute atomic E-state index is 0.422. The lowest BCUT2D eigenvalue weighted by Crippen LogP contribution is -2.29. The lowest BCUT2D eigenvalue weighted by atomic mass is 9.95. The summed E-state index contributed by atoms with van der Waals surface area (Å²) in [5.74, 6) is 2.30. The van der Waals surface area contributed by atoms with Gasteiger partial charge in [-0.15, -0.1) is 5.10 Å². The van der Waals surface area contributed by atoms with Crippen LogP contribution in [0.3, 0.4) is 0 Å². The number of esters is 1. The summed E-state index contributed by atoms with van der Waals surface area (Å²) in [6, 6.07) is 15.1. The Bertz CT molecular complexity index is 1210. The van der Waals surface area contributed by atoms with Crippen LogP contribution in [0.1, 0.15) is 44.4 Å². The van der Waals surface area contributed by atoms with E-state index in [2.05, 4.69) is 17.2 Å². The van der Waals surface area contributed by atoms with Crippen LogP contribution in [-0.4, -0.2) is 40.2 Å². The number of carbonyl (C=O) groups is 1. The van der Waals surface area contributed by atoms with Crippen LogP contribution in [-0.2, 0) is 16.1 Å². The van der Waals surface area contributed by atoms with E-state index in [0.717, 1.165) is 23.3 Å². The zero-order valence-corrected chi connectivity index (χ0v) is 21.2. The zero-order valence-electron chi connectivity index (χ0n) is 20.4. The Kier molecular flexibility index (Phi) is 7.97. The number of carbonyl (C=O) groups excluding carboxylic acids is 1. The highest BCUT2D eigenvalue weighted by Crippen LogP contribution is 2.40. The Morgan fingerprint density at radius 1 is 1.11 bits per heavy atom. The van der Waals surface area contributed by atoms with Crippen LogP contribution in [0.4, 0.5) is 5.95 Å². The summed E-state index contributed by atoms with van der Waals surface area (Å²) in [4.78, 5) is 17.5. The van der Waals surface area contributed by atoms with Crippen molar-refractivity contribution in [2.45, 2.75) is 45.0 Å². The van der Waals surface area contributed by atoms with Gasteiger partial charge in [0.05, 0.1) is 19.3 Å². The van der Waals surface area contributed by atoms with Crippen molar-refractivity contribution in [2.75, 3.05) is 24.8 Å². The van der Waals surface area contributed by atoms with Crippen molar-refractivity contribution in [3.63, 3.8) is 0 Å². The van der Waals surface area contributed by atoms with Gasteiger partial charge in [0.15, 0.2) is 11.5 Å². The largest absolute Gasteiger partial charge is 0.490 e. The molecule has 3 aromatic rings. The maximum Gasteiger partial charge on any atom is 0.338 e. The molecule has 0 radical (unpaired) electrons. The summed E-state index contributed by atoms with van der Waals surface area (Å²) < 4.78 is 18.9. The van der Waals surface area contributed by atoms with Crippen LogP contribution < -0.4 is 14.8 Å². The minimum atomic E-state index is -0.524. The van der Waals surface area contributed by atoms with Crippen molar-refractivity contribution in [3.8, 4) is 11.5 Å². The van der Waals surface area contributed by atoms with E-state index >= 15 is 0 Å². The Morgan fingerprint density at radius 2 is 1.91 bits per heavy atom. The third kappa shape index (κ3) is 5.45. The molecule has 1 unspecified atom stereocenters. The van der Waals surface area contributed by atoms with Gasteiger partial charge in [-0.05, 0) is 43.5 Å². The molecule has 9 heteroatoms. The lowest BCUT2D eigenvalue weighted by Gasteiger charge is -2.28. The molecule has 1 N–H and O–H groups in total. The molecule has 2 aromatic carbocycles. The number of anilines is 1. The molecule has 0 fully saturated rings. The molecule has 1 atom stereocenters. The average molecular weight is 495 g/mol. The molecule has 4 rings (SSSR count). The van der Waals surface area contributed by atoms with E-state index < -0.39 is 12.0 Å². The maximum absolute atomic E-state index is 12.8. The molecule has 0 amide bonds. The van der Waals surface area contributed by atoms with Crippen molar-refractivity contribution in [1.82, 2.24) is 14.8 Å². The Morgan fingerprint density at radius 3 is 2.63 bits per heavy atom. The number of methoxy groups -OCH3 is 1. The van der Waals surface area contributed by atoms with Gasteiger partial charge in [-0.25, -0.2) is 9.48 Å². The molecule has 1 aliphatic heterocycles. The van der Waals surface area contributed by atoms with E-state index in [1.807, 2.05) is 62.4 Å². The molecule has 2 heterocycles. The van der Waals surface area contributed by atoms with E-state index in [9.17, 15) is 4.79 Å². The monoisotopic (exact) mass is 494 g/mol. The number of hydrogen-bond donors (Lipinski definition) is 1.